The van der Waals surface area contributed by atoms with E-state index in [2.05, 4.69) is 11.6 Å². The molecule has 8 heteroatoms. The van der Waals surface area contributed by atoms with E-state index in [0.717, 1.165) is 31.4 Å². The van der Waals surface area contributed by atoms with Crippen molar-refractivity contribution in [2.45, 2.75) is 41.0 Å². The topological polar surface area (TPSA) is 46.2 Å². The average molecular weight is 339 g/mol. The maximum Gasteiger partial charge on any atom is 0.501 e. The zero-order valence-corrected chi connectivity index (χ0v) is 13.0. The molecule has 0 heterocycles. The predicted octanol–water partition coefficient (Wildman–Crippen LogP) is 3.68. The molecule has 2 rings (SSSR count). The number of hydrogen-bond acceptors (Lipinski definition) is 4. The molecule has 2 atom stereocenters. The highest BCUT2D eigenvalue weighted by molar-refractivity contribution is 7.99. The van der Waals surface area contributed by atoms with Gasteiger partial charge in [-0.25, -0.2) is 8.42 Å². The van der Waals surface area contributed by atoms with Gasteiger partial charge in [-0.15, -0.1) is 0 Å². The first-order chi connectivity index (χ1) is 9.74. The lowest BCUT2D eigenvalue weighted by atomic mass is 10.2. The van der Waals surface area contributed by atoms with Crippen molar-refractivity contribution in [2.24, 2.45) is 0 Å². The highest BCUT2D eigenvalue weighted by Gasteiger charge is 2.46. The highest BCUT2D eigenvalue weighted by Crippen LogP contribution is 2.32. The first-order valence-corrected chi connectivity index (χ1v) is 9.22. The van der Waals surface area contributed by atoms with Crippen molar-refractivity contribution in [2.75, 3.05) is 11.6 Å². The van der Waals surface area contributed by atoms with Gasteiger partial charge in [0.15, 0.2) is 0 Å². The molecule has 0 saturated heterocycles. The van der Waals surface area contributed by atoms with E-state index in [4.69, 9.17) is 0 Å². The van der Waals surface area contributed by atoms with Crippen molar-refractivity contribution < 1.29 is 21.6 Å². The molecule has 0 aliphatic heterocycles. The van der Waals surface area contributed by atoms with E-state index in [-0.39, 0.29) is 6.04 Å². The minimum atomic E-state index is -5.26. The minimum Gasteiger partial charge on any atom is -0.382 e. The Morgan fingerprint density at radius 2 is 1.81 bits per heavy atom. The fourth-order valence-electron chi connectivity index (χ4n) is 2.38. The Labute approximate surface area is 126 Å². The Kier molecular flexibility index (Phi) is 4.77. The van der Waals surface area contributed by atoms with Gasteiger partial charge in [-0.05, 0) is 49.8 Å². The van der Waals surface area contributed by atoms with E-state index in [0.29, 0.717) is 10.9 Å². The quantitative estimate of drug-likeness (QED) is 0.909. The SMILES string of the molecule is CSC1CCC(Nc2ccc(S(=O)(=O)C(F)(F)F)cc2)C1. The summed E-state index contributed by atoms with van der Waals surface area (Å²) in [7, 11) is -5.26. The van der Waals surface area contributed by atoms with Crippen molar-refractivity contribution in [3.05, 3.63) is 24.3 Å². The van der Waals surface area contributed by atoms with Gasteiger partial charge in [0.05, 0.1) is 4.90 Å². The van der Waals surface area contributed by atoms with Gasteiger partial charge in [0, 0.05) is 17.0 Å². The smallest absolute Gasteiger partial charge is 0.382 e. The first-order valence-electron chi connectivity index (χ1n) is 6.45. The summed E-state index contributed by atoms with van der Waals surface area (Å²) >= 11 is 1.81. The van der Waals surface area contributed by atoms with Crippen LogP contribution in [0.1, 0.15) is 19.3 Å². The van der Waals surface area contributed by atoms with E-state index in [1.165, 1.54) is 12.1 Å². The number of anilines is 1. The second-order valence-corrected chi connectivity index (χ2v) is 8.06. The third kappa shape index (κ3) is 3.66. The van der Waals surface area contributed by atoms with Crippen molar-refractivity contribution in [3.8, 4) is 0 Å². The summed E-state index contributed by atoms with van der Waals surface area (Å²) in [4.78, 5) is -0.728. The van der Waals surface area contributed by atoms with Crippen LogP contribution in [0.2, 0.25) is 0 Å². The van der Waals surface area contributed by atoms with Crippen molar-refractivity contribution in [3.63, 3.8) is 0 Å². The maximum absolute atomic E-state index is 12.4. The van der Waals surface area contributed by atoms with Gasteiger partial charge in [-0.2, -0.15) is 24.9 Å². The number of halogens is 3. The van der Waals surface area contributed by atoms with E-state index in [9.17, 15) is 21.6 Å². The molecule has 118 valence electrons. The molecule has 21 heavy (non-hydrogen) atoms. The molecule has 1 N–H and O–H groups in total. The van der Waals surface area contributed by atoms with Crippen LogP contribution in [0.3, 0.4) is 0 Å². The van der Waals surface area contributed by atoms with E-state index >= 15 is 0 Å². The molecular weight excluding hydrogens is 323 g/mol. The minimum absolute atomic E-state index is 0.285. The number of thioether (sulfide) groups is 1. The second-order valence-electron chi connectivity index (χ2n) is 4.99. The summed E-state index contributed by atoms with van der Waals surface area (Å²) in [5.74, 6) is 0. The van der Waals surface area contributed by atoms with Crippen molar-refractivity contribution >= 4 is 27.3 Å². The van der Waals surface area contributed by atoms with Gasteiger partial charge in [-0.1, -0.05) is 0 Å². The molecule has 0 bridgehead atoms. The average Bonchev–Trinajstić information content (AvgIpc) is 2.86. The van der Waals surface area contributed by atoms with Gasteiger partial charge >= 0.3 is 5.51 Å². The molecule has 0 amide bonds. The molecule has 3 nitrogen and oxygen atoms in total. The van der Waals surface area contributed by atoms with Gasteiger partial charge in [-0.3, -0.25) is 0 Å². The van der Waals surface area contributed by atoms with Crippen LogP contribution < -0.4 is 5.32 Å². The van der Waals surface area contributed by atoms with E-state index in [1.54, 1.807) is 0 Å². The summed E-state index contributed by atoms with van der Waals surface area (Å²) < 4.78 is 59.8. The molecule has 1 aliphatic carbocycles. The molecule has 1 aromatic rings. The Morgan fingerprint density at radius 1 is 1.19 bits per heavy atom. The second kappa shape index (κ2) is 6.08. The third-order valence-corrected chi connectivity index (χ3v) is 6.15. The zero-order valence-electron chi connectivity index (χ0n) is 11.4. The van der Waals surface area contributed by atoms with Gasteiger partial charge in [0.25, 0.3) is 9.84 Å². The predicted molar refractivity (Wildman–Crippen MR) is 78.2 cm³/mol. The molecule has 1 fully saturated rings. The first kappa shape index (κ1) is 16.5. The summed E-state index contributed by atoms with van der Waals surface area (Å²) in [5.41, 5.74) is -4.62. The molecule has 1 aliphatic rings. The number of sulfone groups is 1. The molecule has 1 aromatic carbocycles. The summed E-state index contributed by atoms with van der Waals surface area (Å²) in [6, 6.07) is 5.03. The lowest BCUT2D eigenvalue weighted by Gasteiger charge is -2.15. The van der Waals surface area contributed by atoms with Crippen LogP contribution in [0.4, 0.5) is 18.9 Å². The van der Waals surface area contributed by atoms with Crippen LogP contribution in [0.5, 0.6) is 0 Å². The van der Waals surface area contributed by atoms with Crippen LogP contribution in [-0.4, -0.2) is 31.5 Å². The van der Waals surface area contributed by atoms with Gasteiger partial charge in [0.1, 0.15) is 0 Å². The van der Waals surface area contributed by atoms with Crippen LogP contribution >= 0.6 is 11.8 Å². The Hall–Kier alpha value is -0.890. The molecule has 0 spiro atoms. The fraction of sp³-hybridized carbons (Fsp3) is 0.538. The summed E-state index contributed by atoms with van der Waals surface area (Å²) in [6.45, 7) is 0. The summed E-state index contributed by atoms with van der Waals surface area (Å²) in [5, 5.41) is 3.84. The fourth-order valence-corrected chi connectivity index (χ4v) is 3.94. The lowest BCUT2D eigenvalue weighted by molar-refractivity contribution is -0.0436. The zero-order chi connectivity index (χ0) is 15.7. The Morgan fingerprint density at radius 3 is 2.29 bits per heavy atom. The van der Waals surface area contributed by atoms with Gasteiger partial charge in [0.2, 0.25) is 0 Å². The number of hydrogen-bond donors (Lipinski definition) is 1. The van der Waals surface area contributed by atoms with Crippen LogP contribution in [0, 0.1) is 0 Å². The third-order valence-electron chi connectivity index (χ3n) is 3.56. The van der Waals surface area contributed by atoms with Crippen molar-refractivity contribution in [1.29, 1.82) is 0 Å². The lowest BCUT2D eigenvalue weighted by Crippen LogP contribution is -2.23. The molecule has 0 aromatic heterocycles. The number of nitrogens with one attached hydrogen (secondary N) is 1. The molecule has 1 saturated carbocycles. The molecular formula is C13H16F3NO2S2. The van der Waals surface area contributed by atoms with Crippen molar-refractivity contribution in [1.82, 2.24) is 0 Å². The van der Waals surface area contributed by atoms with Crippen LogP contribution in [0.15, 0.2) is 29.2 Å². The number of benzene rings is 1. The largest absolute Gasteiger partial charge is 0.501 e. The normalized spacial score (nSPS) is 23.2. The Balaban J connectivity index is 2.07. The molecule has 2 unspecified atom stereocenters. The highest BCUT2D eigenvalue weighted by atomic mass is 32.2. The van der Waals surface area contributed by atoms with E-state index < -0.39 is 20.2 Å². The number of alkyl halides is 3. The monoisotopic (exact) mass is 339 g/mol. The summed E-state index contributed by atoms with van der Waals surface area (Å²) in [6.07, 6.45) is 5.18. The van der Waals surface area contributed by atoms with E-state index in [1.807, 2.05) is 11.8 Å². The maximum atomic E-state index is 12.4. The van der Waals surface area contributed by atoms with Crippen LogP contribution in [0.25, 0.3) is 0 Å². The standard InChI is InChI=1S/C13H16F3NO2S2/c1-20-11-5-2-10(8-11)17-9-3-6-12(7-4-9)21(18,19)13(14,15)16/h3-4,6-7,10-11,17H,2,5,8H2,1H3. The number of rotatable bonds is 4. The Bertz CT molecular complexity index is 584. The molecule has 0 radical (unpaired) electrons. The van der Waals surface area contributed by atoms with Crippen LogP contribution in [-0.2, 0) is 9.84 Å². The van der Waals surface area contributed by atoms with Gasteiger partial charge < -0.3 is 5.32 Å².